The van der Waals surface area contributed by atoms with E-state index in [0.29, 0.717) is 31.9 Å². The average molecular weight is 403 g/mol. The highest BCUT2D eigenvalue weighted by atomic mass is 32.1. The van der Waals surface area contributed by atoms with Crippen molar-refractivity contribution in [3.05, 3.63) is 35.4 Å². The predicted molar refractivity (Wildman–Crippen MR) is 115 cm³/mol. The molecule has 0 spiro atoms. The van der Waals surface area contributed by atoms with E-state index in [4.69, 9.17) is 0 Å². The summed E-state index contributed by atoms with van der Waals surface area (Å²) in [6, 6.07) is 3.91. The monoisotopic (exact) mass is 402 g/mol. The zero-order chi connectivity index (χ0) is 20.6. The maximum Gasteiger partial charge on any atom is 0.318 e. The molecule has 0 bridgehead atoms. The molecule has 3 rings (SSSR count). The molecule has 6 nitrogen and oxygen atoms in total. The Bertz CT molecular complexity index is 905. The van der Waals surface area contributed by atoms with Gasteiger partial charge in [0.05, 0.1) is 0 Å². The van der Waals surface area contributed by atoms with E-state index in [-0.39, 0.29) is 23.5 Å². The molecule has 0 unspecified atom stereocenters. The molecule has 1 N–H and O–H groups in total. The molecule has 28 heavy (non-hydrogen) atoms. The smallest absolute Gasteiger partial charge is 0.318 e. The summed E-state index contributed by atoms with van der Waals surface area (Å²) in [6.07, 6.45) is 0. The van der Waals surface area contributed by atoms with Gasteiger partial charge >= 0.3 is 6.03 Å². The van der Waals surface area contributed by atoms with Gasteiger partial charge in [0, 0.05) is 43.1 Å². The molecule has 7 heteroatoms. The van der Waals surface area contributed by atoms with Crippen LogP contribution in [0.4, 0.5) is 4.79 Å². The topological polar surface area (TPSA) is 57.6 Å². The van der Waals surface area contributed by atoms with E-state index < -0.39 is 0 Å². The van der Waals surface area contributed by atoms with Gasteiger partial charge in [-0.25, -0.2) is 4.79 Å². The zero-order valence-corrected chi connectivity index (χ0v) is 18.2. The van der Waals surface area contributed by atoms with Crippen molar-refractivity contribution in [2.45, 2.75) is 52.7 Å². The number of fused-ring (bicyclic) bond motifs is 1. The van der Waals surface area contributed by atoms with Gasteiger partial charge in [0.15, 0.2) is 0 Å². The molecular weight excluding hydrogens is 372 g/mol. The van der Waals surface area contributed by atoms with Gasteiger partial charge in [-0.15, -0.1) is 11.3 Å². The molecule has 3 heterocycles. The fourth-order valence-corrected chi connectivity index (χ4v) is 4.47. The molecule has 1 atom stereocenters. The van der Waals surface area contributed by atoms with Gasteiger partial charge in [-0.3, -0.25) is 4.79 Å². The Labute approximate surface area is 170 Å². The fourth-order valence-electron chi connectivity index (χ4n) is 3.58. The summed E-state index contributed by atoms with van der Waals surface area (Å²) in [5.74, 6) is 0.0207. The van der Waals surface area contributed by atoms with Gasteiger partial charge in [-0.05, 0) is 52.1 Å². The second-order valence-corrected chi connectivity index (χ2v) is 9.62. The van der Waals surface area contributed by atoms with E-state index in [1.165, 1.54) is 0 Å². The molecule has 0 aliphatic carbocycles. The number of carbonyl (C=O) groups is 2. The van der Waals surface area contributed by atoms with Crippen molar-refractivity contribution in [3.63, 3.8) is 0 Å². The van der Waals surface area contributed by atoms with Crippen molar-refractivity contribution in [2.24, 2.45) is 0 Å². The highest BCUT2D eigenvalue weighted by molar-refractivity contribution is 7.16. The molecule has 1 fully saturated rings. The number of thiophene rings is 1. The molecule has 3 amide bonds. The van der Waals surface area contributed by atoms with E-state index in [0.717, 1.165) is 15.8 Å². The summed E-state index contributed by atoms with van der Waals surface area (Å²) in [5.41, 5.74) is 1.43. The summed E-state index contributed by atoms with van der Waals surface area (Å²) < 4.78 is 2.06. The standard InChI is InChI=1S/C21H30N4O2S/c1-14(2)12-25-17(11-16-7-10-28-19(16)25)18(26)23-8-9-24(15(3)13-23)20(27)22-21(4,5)6/h7,10-11,15H,1,8-9,12-13H2,2-6H3,(H,22,27)/t15-/m0/s1. The maximum atomic E-state index is 13.3. The third kappa shape index (κ3) is 4.24. The quantitative estimate of drug-likeness (QED) is 0.791. The third-order valence-corrected chi connectivity index (χ3v) is 5.76. The van der Waals surface area contributed by atoms with Crippen molar-refractivity contribution in [2.75, 3.05) is 19.6 Å². The Balaban J connectivity index is 1.76. The second kappa shape index (κ2) is 7.62. The van der Waals surface area contributed by atoms with Gasteiger partial charge in [0.1, 0.15) is 10.5 Å². The Kier molecular flexibility index (Phi) is 5.57. The molecule has 0 radical (unpaired) electrons. The first-order chi connectivity index (χ1) is 13.1. The minimum atomic E-state index is -0.279. The van der Waals surface area contributed by atoms with E-state index >= 15 is 0 Å². The largest absolute Gasteiger partial charge is 0.334 e. The molecule has 2 aromatic rings. The van der Waals surface area contributed by atoms with E-state index in [9.17, 15) is 9.59 Å². The summed E-state index contributed by atoms with van der Waals surface area (Å²) in [4.78, 5) is 30.6. The number of amides is 3. The predicted octanol–water partition coefficient (Wildman–Crippen LogP) is 3.93. The Morgan fingerprint density at radius 1 is 1.32 bits per heavy atom. The second-order valence-electron chi connectivity index (χ2n) is 8.73. The van der Waals surface area contributed by atoms with Gasteiger partial charge < -0.3 is 19.7 Å². The first-order valence-electron chi connectivity index (χ1n) is 9.66. The van der Waals surface area contributed by atoms with Crippen molar-refractivity contribution in [1.29, 1.82) is 0 Å². The van der Waals surface area contributed by atoms with Crippen LogP contribution < -0.4 is 5.32 Å². The van der Waals surface area contributed by atoms with Crippen LogP contribution in [0.25, 0.3) is 10.2 Å². The lowest BCUT2D eigenvalue weighted by Gasteiger charge is -2.41. The van der Waals surface area contributed by atoms with Gasteiger partial charge in [0.25, 0.3) is 5.91 Å². The summed E-state index contributed by atoms with van der Waals surface area (Å²) >= 11 is 1.64. The first kappa shape index (κ1) is 20.5. The lowest BCUT2D eigenvalue weighted by molar-refractivity contribution is 0.0564. The third-order valence-electron chi connectivity index (χ3n) is 4.81. The van der Waals surface area contributed by atoms with Crippen LogP contribution in [0.5, 0.6) is 0 Å². The minimum Gasteiger partial charge on any atom is -0.334 e. The fraction of sp³-hybridized carbons (Fsp3) is 0.524. The van der Waals surface area contributed by atoms with Crippen LogP contribution in [-0.4, -0.2) is 57.5 Å². The van der Waals surface area contributed by atoms with Crippen molar-refractivity contribution < 1.29 is 9.59 Å². The molecule has 1 saturated heterocycles. The van der Waals surface area contributed by atoms with Crippen LogP contribution in [0.3, 0.4) is 0 Å². The Morgan fingerprint density at radius 2 is 2.04 bits per heavy atom. The number of rotatable bonds is 3. The number of carbonyl (C=O) groups excluding carboxylic acids is 2. The van der Waals surface area contributed by atoms with Crippen LogP contribution in [-0.2, 0) is 6.54 Å². The molecule has 0 aromatic carbocycles. The van der Waals surface area contributed by atoms with E-state index in [1.807, 2.05) is 61.9 Å². The number of piperazine rings is 1. The summed E-state index contributed by atoms with van der Waals surface area (Å²) in [6.45, 7) is 16.1. The zero-order valence-electron chi connectivity index (χ0n) is 17.4. The SMILES string of the molecule is C=C(C)Cn1c(C(=O)N2CCN(C(=O)NC(C)(C)C)[C@@H](C)C2)cc2ccsc21. The molecule has 2 aromatic heterocycles. The Morgan fingerprint density at radius 3 is 2.64 bits per heavy atom. The van der Waals surface area contributed by atoms with Crippen LogP contribution >= 0.6 is 11.3 Å². The van der Waals surface area contributed by atoms with Gasteiger partial charge in [0.2, 0.25) is 0 Å². The number of aromatic nitrogens is 1. The highest BCUT2D eigenvalue weighted by Gasteiger charge is 2.32. The van der Waals surface area contributed by atoms with E-state index in [2.05, 4.69) is 16.5 Å². The number of allylic oxidation sites excluding steroid dienone is 1. The van der Waals surface area contributed by atoms with Gasteiger partial charge in [-0.1, -0.05) is 12.2 Å². The van der Waals surface area contributed by atoms with Crippen molar-refractivity contribution >= 4 is 33.5 Å². The average Bonchev–Trinajstić information content (AvgIpc) is 3.14. The normalized spacial score (nSPS) is 17.8. The molecule has 1 aliphatic heterocycles. The van der Waals surface area contributed by atoms with E-state index in [1.54, 1.807) is 11.3 Å². The number of hydrogen-bond acceptors (Lipinski definition) is 3. The lowest BCUT2D eigenvalue weighted by atomic mass is 10.1. The molecule has 1 aliphatic rings. The molecular formula is C21H30N4O2S. The summed E-state index contributed by atoms with van der Waals surface area (Å²) in [7, 11) is 0. The van der Waals surface area contributed by atoms with Crippen LogP contribution in [0.2, 0.25) is 0 Å². The number of hydrogen-bond donors (Lipinski definition) is 1. The van der Waals surface area contributed by atoms with Crippen LogP contribution in [0.15, 0.2) is 29.7 Å². The number of nitrogens with one attached hydrogen (secondary N) is 1. The maximum absolute atomic E-state index is 13.3. The van der Waals surface area contributed by atoms with Crippen molar-refractivity contribution in [3.8, 4) is 0 Å². The minimum absolute atomic E-state index is 0.0207. The van der Waals surface area contributed by atoms with Crippen molar-refractivity contribution in [1.82, 2.24) is 19.7 Å². The first-order valence-corrected chi connectivity index (χ1v) is 10.5. The number of urea groups is 1. The number of nitrogens with zero attached hydrogens (tertiary/aromatic N) is 3. The highest BCUT2D eigenvalue weighted by Crippen LogP contribution is 2.27. The van der Waals surface area contributed by atoms with Gasteiger partial charge in [-0.2, -0.15) is 0 Å². The lowest BCUT2D eigenvalue weighted by Crippen LogP contribution is -2.59. The molecule has 0 saturated carbocycles. The Hall–Kier alpha value is -2.28. The molecule has 152 valence electrons. The van der Waals surface area contributed by atoms with Crippen LogP contribution in [0, 0.1) is 0 Å². The van der Waals surface area contributed by atoms with Crippen LogP contribution in [0.1, 0.15) is 45.1 Å². The summed E-state index contributed by atoms with van der Waals surface area (Å²) in [5, 5.41) is 6.14.